The van der Waals surface area contributed by atoms with E-state index < -0.39 is 57.3 Å². The molecule has 1 fully saturated rings. The highest BCUT2D eigenvalue weighted by atomic mass is 32.2. The van der Waals surface area contributed by atoms with Gasteiger partial charge in [0.1, 0.15) is 11.7 Å². The second kappa shape index (κ2) is 13.2. The molecular weight excluding hydrogens is 640 g/mol. The van der Waals surface area contributed by atoms with Crippen molar-refractivity contribution in [2.75, 3.05) is 45.6 Å². The van der Waals surface area contributed by atoms with Gasteiger partial charge >= 0.3 is 12.4 Å². The Morgan fingerprint density at radius 2 is 1.67 bits per heavy atom. The van der Waals surface area contributed by atoms with Gasteiger partial charge in [-0.15, -0.1) is 0 Å². The normalized spacial score (nSPS) is 25.3. The summed E-state index contributed by atoms with van der Waals surface area (Å²) in [5.41, 5.74) is -1.38. The van der Waals surface area contributed by atoms with Crippen LogP contribution in [0.1, 0.15) is 34.2 Å². The van der Waals surface area contributed by atoms with Gasteiger partial charge < -0.3 is 20.3 Å². The second-order valence-corrected chi connectivity index (χ2v) is 13.6. The molecule has 3 N–H and O–H groups in total. The molecular formula is C30H35F6N5O4S. The third-order valence-corrected chi connectivity index (χ3v) is 9.68. The van der Waals surface area contributed by atoms with Crippen molar-refractivity contribution in [1.82, 2.24) is 19.8 Å². The second-order valence-electron chi connectivity index (χ2n) is 11.6. The summed E-state index contributed by atoms with van der Waals surface area (Å²) >= 11 is 0. The van der Waals surface area contributed by atoms with Crippen LogP contribution in [0.25, 0.3) is 5.70 Å². The van der Waals surface area contributed by atoms with Crippen molar-refractivity contribution in [2.24, 2.45) is 0 Å². The maximum Gasteiger partial charge on any atom is 0.416 e. The van der Waals surface area contributed by atoms with Crippen molar-refractivity contribution in [3.05, 3.63) is 93.0 Å². The number of hydrogen-bond donors (Lipinski definition) is 3. The summed E-state index contributed by atoms with van der Waals surface area (Å²) in [6.45, 7) is 3.37. The van der Waals surface area contributed by atoms with Crippen LogP contribution in [0.2, 0.25) is 0 Å². The molecule has 1 saturated heterocycles. The lowest BCUT2D eigenvalue weighted by Gasteiger charge is -2.41. The minimum absolute atomic E-state index is 0.0658. The van der Waals surface area contributed by atoms with Gasteiger partial charge in [0.05, 0.1) is 29.6 Å². The average molecular weight is 676 g/mol. The van der Waals surface area contributed by atoms with E-state index in [0.717, 1.165) is 11.8 Å². The van der Waals surface area contributed by atoms with E-state index in [-0.39, 0.29) is 49.5 Å². The number of benzene rings is 2. The predicted molar refractivity (Wildman–Crippen MR) is 158 cm³/mol. The van der Waals surface area contributed by atoms with Crippen LogP contribution in [0.4, 0.5) is 26.3 Å². The van der Waals surface area contributed by atoms with Crippen LogP contribution in [-0.2, 0) is 33.5 Å². The maximum atomic E-state index is 14.6. The van der Waals surface area contributed by atoms with Gasteiger partial charge in [0, 0.05) is 50.8 Å². The fourth-order valence-corrected chi connectivity index (χ4v) is 6.90. The highest BCUT2D eigenvalue weighted by molar-refractivity contribution is 7.88. The first-order valence-electron chi connectivity index (χ1n) is 14.7. The van der Waals surface area contributed by atoms with Crippen molar-refractivity contribution in [2.45, 2.75) is 44.4 Å². The number of nitrogens with one attached hydrogen (secondary N) is 3. The molecule has 3 unspecified atom stereocenters. The Kier molecular flexibility index (Phi) is 9.78. The summed E-state index contributed by atoms with van der Waals surface area (Å²) in [6, 6.07) is 7.22. The van der Waals surface area contributed by atoms with E-state index in [2.05, 4.69) is 10.6 Å². The van der Waals surface area contributed by atoms with Crippen molar-refractivity contribution < 1.29 is 44.6 Å². The van der Waals surface area contributed by atoms with Crippen LogP contribution >= 0.6 is 0 Å². The van der Waals surface area contributed by atoms with Gasteiger partial charge in [-0.05, 0) is 48.7 Å². The molecule has 9 nitrogen and oxygen atoms in total. The largest absolute Gasteiger partial charge is 0.628 e. The van der Waals surface area contributed by atoms with E-state index >= 15 is 0 Å². The molecule has 0 aromatic heterocycles. The number of hydrogen-bond acceptors (Lipinski definition) is 7. The monoisotopic (exact) mass is 675 g/mol. The zero-order chi connectivity index (χ0) is 33.4. The number of sulfonamides is 1. The lowest BCUT2D eigenvalue weighted by molar-refractivity contribution is -0.793. The summed E-state index contributed by atoms with van der Waals surface area (Å²) in [5.74, 6) is 0.203. The first-order chi connectivity index (χ1) is 21.5. The Morgan fingerprint density at radius 3 is 2.30 bits per heavy atom. The third kappa shape index (κ3) is 7.69. The molecule has 0 radical (unpaired) electrons. The Bertz CT molecular complexity index is 1580. The van der Waals surface area contributed by atoms with Crippen LogP contribution < -0.4 is 15.7 Å². The van der Waals surface area contributed by atoms with Gasteiger partial charge in [-0.25, -0.2) is 12.7 Å². The Labute approximate surface area is 263 Å². The van der Waals surface area contributed by atoms with E-state index in [4.69, 9.17) is 4.74 Å². The van der Waals surface area contributed by atoms with Gasteiger partial charge in [0.15, 0.2) is 12.1 Å². The Morgan fingerprint density at radius 1 is 1.00 bits per heavy atom. The van der Waals surface area contributed by atoms with E-state index in [1.54, 1.807) is 37.3 Å². The summed E-state index contributed by atoms with van der Waals surface area (Å²) in [6.07, 6.45) is -8.10. The summed E-state index contributed by atoms with van der Waals surface area (Å²) in [4.78, 5) is 1.91. The molecule has 2 aromatic rings. The van der Waals surface area contributed by atoms with Gasteiger partial charge in [-0.2, -0.15) is 26.3 Å². The molecule has 46 heavy (non-hydrogen) atoms. The molecule has 0 saturated carbocycles. The number of halogens is 6. The minimum Gasteiger partial charge on any atom is -0.628 e. The van der Waals surface area contributed by atoms with Crippen LogP contribution in [0.3, 0.4) is 0 Å². The number of alkyl halides is 6. The highest BCUT2D eigenvalue weighted by Crippen LogP contribution is 2.37. The molecule has 3 atom stereocenters. The first-order valence-corrected chi connectivity index (χ1v) is 16.5. The molecule has 3 heterocycles. The van der Waals surface area contributed by atoms with E-state index in [9.17, 15) is 40.0 Å². The van der Waals surface area contributed by atoms with E-state index in [1.165, 1.54) is 4.31 Å². The molecule has 0 amide bonds. The zero-order valence-electron chi connectivity index (χ0n) is 25.1. The average Bonchev–Trinajstić information content (AvgIpc) is 3.24. The smallest absolute Gasteiger partial charge is 0.416 e. The standard InChI is InChI=1S/C30H35F6N5O4S/c1-19-6-3-4-7-23(19)26-16-27(39-8-5-9-40(11-10-39)46(2,43)44)45-28-24(17-37-18-38-28)25(41(26)42)14-20-12-21(29(31,32)33)15-22(13-20)30(34,35)36/h3-4,6-7,12-13,15-16,25,27,37-38,41H,5,8-11,14,17-18H2,1-2H3/b26-16-. The molecule has 0 aliphatic carbocycles. The number of hydroxylamine groups is 2. The Balaban J connectivity index is 1.61. The molecule has 2 aromatic carbocycles. The van der Waals surface area contributed by atoms with Crippen molar-refractivity contribution >= 4 is 15.7 Å². The number of rotatable bonds is 5. The van der Waals surface area contributed by atoms with Crippen molar-refractivity contribution in [1.29, 1.82) is 0 Å². The van der Waals surface area contributed by atoms with E-state index in [0.29, 0.717) is 42.8 Å². The fraction of sp³-hybridized carbons (Fsp3) is 0.467. The molecule has 5 rings (SSSR count). The van der Waals surface area contributed by atoms with Crippen LogP contribution in [0.15, 0.2) is 60.0 Å². The first kappa shape index (κ1) is 34.2. The quantitative estimate of drug-likeness (QED) is 0.331. The molecule has 3 aliphatic heterocycles. The minimum atomic E-state index is -5.04. The van der Waals surface area contributed by atoms with Gasteiger partial charge in [-0.1, -0.05) is 18.2 Å². The van der Waals surface area contributed by atoms with Gasteiger partial charge in [0.2, 0.25) is 10.0 Å². The maximum absolute atomic E-state index is 14.6. The molecule has 0 spiro atoms. The lowest BCUT2D eigenvalue weighted by Crippen LogP contribution is -3.09. The molecule has 3 aliphatic rings. The van der Waals surface area contributed by atoms with Crippen LogP contribution in [-0.4, -0.2) is 75.5 Å². The number of aryl methyl sites for hydroxylation is 1. The predicted octanol–water partition coefficient (Wildman–Crippen LogP) is 3.05. The van der Waals surface area contributed by atoms with Crippen molar-refractivity contribution in [3.8, 4) is 0 Å². The zero-order valence-corrected chi connectivity index (χ0v) is 26.0. The molecule has 252 valence electrons. The number of nitrogens with zero attached hydrogens (tertiary/aromatic N) is 2. The molecule has 0 bridgehead atoms. The fourth-order valence-electron chi connectivity index (χ4n) is 6.02. The van der Waals surface area contributed by atoms with E-state index in [1.807, 2.05) is 4.90 Å². The summed E-state index contributed by atoms with van der Waals surface area (Å²) in [5, 5.41) is 20.2. The third-order valence-electron chi connectivity index (χ3n) is 8.37. The summed E-state index contributed by atoms with van der Waals surface area (Å²) < 4.78 is 115. The number of quaternary nitrogens is 1. The summed E-state index contributed by atoms with van der Waals surface area (Å²) in [7, 11) is -3.44. The lowest BCUT2D eigenvalue weighted by atomic mass is 9.93. The van der Waals surface area contributed by atoms with Crippen molar-refractivity contribution in [3.63, 3.8) is 0 Å². The van der Waals surface area contributed by atoms with Gasteiger partial charge in [0.25, 0.3) is 0 Å². The van der Waals surface area contributed by atoms with Crippen LogP contribution in [0, 0.1) is 12.1 Å². The Hall–Kier alpha value is -3.15. The van der Waals surface area contributed by atoms with Crippen LogP contribution in [0.5, 0.6) is 0 Å². The number of ether oxygens (including phenoxy) is 1. The topological polar surface area (TPSA) is 101 Å². The highest BCUT2D eigenvalue weighted by Gasteiger charge is 2.40. The van der Waals surface area contributed by atoms with Gasteiger partial charge in [-0.3, -0.25) is 10.2 Å². The molecule has 16 heteroatoms. The SMILES string of the molecule is Cc1ccccc1/C1=C/C(N2CCCN(S(C)(=O)=O)CC2)OC2=C(CNCN2)C(Cc2cc(C(F)(F)F)cc(C(F)(F)F)c2)[NH+]1[O-].